The van der Waals surface area contributed by atoms with Crippen LogP contribution < -0.4 is 16.0 Å². The monoisotopic (exact) mass is 909 g/mol. The van der Waals surface area contributed by atoms with Crippen molar-refractivity contribution in [1.29, 1.82) is 0 Å². The summed E-state index contributed by atoms with van der Waals surface area (Å²) in [4.78, 5) is 65.6. The zero-order valence-electron chi connectivity index (χ0n) is 40.0. The van der Waals surface area contributed by atoms with E-state index in [2.05, 4.69) is 84.8 Å². The van der Waals surface area contributed by atoms with Gasteiger partial charge in [0, 0.05) is 89.8 Å². The molecule has 6 heterocycles. The number of hydrogen-bond acceptors (Lipinski definition) is 11. The van der Waals surface area contributed by atoms with Gasteiger partial charge in [0.05, 0.1) is 40.8 Å². The summed E-state index contributed by atoms with van der Waals surface area (Å²) < 4.78 is 14.4. The van der Waals surface area contributed by atoms with Crippen molar-refractivity contribution in [2.45, 2.75) is 137 Å². The highest BCUT2D eigenvalue weighted by molar-refractivity contribution is 7.10. The maximum absolute atomic E-state index is 14.5. The molecule has 0 saturated carbocycles. The number of pyridine rings is 1. The van der Waals surface area contributed by atoms with Crippen molar-refractivity contribution in [1.82, 2.24) is 30.5 Å². The average Bonchev–Trinajstić information content (AvgIpc) is 4.03. The first-order chi connectivity index (χ1) is 31.2. The Morgan fingerprint density at radius 2 is 1.88 bits per heavy atom. The molecule has 2 unspecified atom stereocenters. The van der Waals surface area contributed by atoms with Gasteiger partial charge in [-0.25, -0.2) is 4.98 Å². The number of amides is 1. The van der Waals surface area contributed by atoms with E-state index < -0.39 is 17.5 Å². The number of ether oxygens (including phenoxy) is 2. The number of rotatable bonds is 13. The van der Waals surface area contributed by atoms with Gasteiger partial charge in [-0.1, -0.05) is 53.5 Å². The Hall–Kier alpha value is -4.30. The predicted octanol–water partition coefficient (Wildman–Crippen LogP) is 8.68. The first-order valence-corrected chi connectivity index (χ1v) is 25.1. The van der Waals surface area contributed by atoms with Crippen molar-refractivity contribution in [3.8, 4) is 22.5 Å². The summed E-state index contributed by atoms with van der Waals surface area (Å²) >= 11 is 1.52. The standard InChI is InChI=1S/C52H72N6O6S/c1-9-58-44-19-18-35-24-39(44)40(48(58)38-16-12-21-54-47(38)33(5)63-8)26-52(6,7)30-64-51(62)41-17-11-14-34(27-55-41)23-45(59)42(25-46-56-43(35)29-65-46)57-50(61)37(31(2)3)15-10-13-32(4)49(60)36-20-22-53-28-36/h12,16,18-19,21,24,29,31-34,36-37,41-42,53,55H,9-11,13-15,17,20,22-23,25-28,30H2,1-8H3,(H,57,61)/t32?,33-,34?,36-,37-,41-,42-/m0/s1. The number of esters is 1. The third kappa shape index (κ3) is 11.5. The van der Waals surface area contributed by atoms with Crippen LogP contribution >= 0.6 is 11.3 Å². The van der Waals surface area contributed by atoms with Crippen LogP contribution in [-0.2, 0) is 48.0 Å². The Morgan fingerprint density at radius 3 is 2.62 bits per heavy atom. The SMILES string of the molecule is CCn1c(-c2cccnc2[C@H](C)OC)c2c3cc(ccc31)-c1csc(n1)C[C@H](NC(=O)[C@@H](CCCC(C)C(=O)[C@H]1CCNC1)C(C)C)C(=O)CC1CCC[C@H](NC1)C(=O)OCC(C)(C)C2. The molecule has 2 saturated heterocycles. The lowest BCUT2D eigenvalue weighted by atomic mass is 9.84. The smallest absolute Gasteiger partial charge is 0.323 e. The van der Waals surface area contributed by atoms with Crippen molar-refractivity contribution < 1.29 is 28.7 Å². The second-order valence-electron chi connectivity index (χ2n) is 20.2. The zero-order chi connectivity index (χ0) is 46.4. The van der Waals surface area contributed by atoms with Crippen LogP contribution in [0, 0.1) is 35.0 Å². The highest BCUT2D eigenvalue weighted by Crippen LogP contribution is 2.42. The number of carbonyl (C=O) groups is 4. The van der Waals surface area contributed by atoms with E-state index in [9.17, 15) is 19.2 Å². The minimum Gasteiger partial charge on any atom is -0.464 e. The van der Waals surface area contributed by atoms with Crippen LogP contribution in [0.4, 0.5) is 0 Å². The van der Waals surface area contributed by atoms with Crippen molar-refractivity contribution in [3.63, 3.8) is 0 Å². The summed E-state index contributed by atoms with van der Waals surface area (Å²) in [6.07, 6.45) is 8.02. The maximum atomic E-state index is 14.5. The fraction of sp³-hybridized carbons (Fsp3) is 0.615. The summed E-state index contributed by atoms with van der Waals surface area (Å²) in [6, 6.07) is 9.38. The normalized spacial score (nSPS) is 23.3. The van der Waals surface area contributed by atoms with Gasteiger partial charge in [0.25, 0.3) is 0 Å². The predicted molar refractivity (Wildman–Crippen MR) is 258 cm³/mol. The highest BCUT2D eigenvalue weighted by atomic mass is 32.1. The van der Waals surface area contributed by atoms with E-state index in [4.69, 9.17) is 19.4 Å². The Kier molecular flexibility index (Phi) is 16.1. The van der Waals surface area contributed by atoms with Gasteiger partial charge < -0.3 is 30.0 Å². The second-order valence-corrected chi connectivity index (χ2v) is 21.1. The summed E-state index contributed by atoms with van der Waals surface area (Å²) in [5, 5.41) is 13.9. The van der Waals surface area contributed by atoms with Gasteiger partial charge in [0.1, 0.15) is 11.8 Å². The lowest BCUT2D eigenvalue weighted by Crippen LogP contribution is -2.47. The van der Waals surface area contributed by atoms with E-state index in [0.29, 0.717) is 31.6 Å². The van der Waals surface area contributed by atoms with E-state index in [1.807, 2.05) is 26.1 Å². The molecular weight excluding hydrogens is 837 g/mol. The fourth-order valence-corrected chi connectivity index (χ4v) is 11.2. The molecule has 1 aromatic carbocycles. The third-order valence-electron chi connectivity index (χ3n) is 14.3. The molecule has 65 heavy (non-hydrogen) atoms. The van der Waals surface area contributed by atoms with Crippen molar-refractivity contribution >= 4 is 45.7 Å². The summed E-state index contributed by atoms with van der Waals surface area (Å²) in [5.74, 6) is -0.302. The van der Waals surface area contributed by atoms with Crippen LogP contribution in [0.2, 0.25) is 0 Å². The molecule has 7 rings (SSSR count). The first-order valence-electron chi connectivity index (χ1n) is 24.2. The number of benzene rings is 1. The third-order valence-corrected chi connectivity index (χ3v) is 15.2. The second kappa shape index (κ2) is 21.6. The van der Waals surface area contributed by atoms with Crippen LogP contribution in [0.3, 0.4) is 0 Å². The number of hydrogen-bond donors (Lipinski definition) is 3. The minimum atomic E-state index is -0.756. The van der Waals surface area contributed by atoms with E-state index in [1.165, 1.54) is 11.3 Å². The molecule has 7 atom stereocenters. The van der Waals surface area contributed by atoms with Crippen LogP contribution in [-0.4, -0.2) is 83.4 Å². The fourth-order valence-electron chi connectivity index (χ4n) is 10.4. The number of thiazole rings is 1. The van der Waals surface area contributed by atoms with E-state index in [-0.39, 0.29) is 72.8 Å². The quantitative estimate of drug-likeness (QED) is 0.111. The van der Waals surface area contributed by atoms with Gasteiger partial charge in [0.15, 0.2) is 5.78 Å². The molecule has 1 amide bonds. The number of aromatic nitrogens is 3. The van der Waals surface area contributed by atoms with Gasteiger partial charge in [-0.15, -0.1) is 11.3 Å². The average molecular weight is 909 g/mol. The molecule has 3 N–H and O–H groups in total. The largest absolute Gasteiger partial charge is 0.464 e. The van der Waals surface area contributed by atoms with E-state index in [1.54, 1.807) is 7.11 Å². The van der Waals surface area contributed by atoms with Crippen molar-refractivity contribution in [2.24, 2.45) is 35.0 Å². The van der Waals surface area contributed by atoms with Crippen molar-refractivity contribution in [2.75, 3.05) is 33.4 Å². The van der Waals surface area contributed by atoms with Gasteiger partial charge in [0.2, 0.25) is 5.91 Å². The molecular formula is C52H72N6O6S. The molecule has 3 aliphatic rings. The Bertz CT molecular complexity index is 2310. The van der Waals surface area contributed by atoms with Gasteiger partial charge >= 0.3 is 5.97 Å². The number of methoxy groups -OCH3 is 1. The summed E-state index contributed by atoms with van der Waals surface area (Å²) in [7, 11) is 1.70. The zero-order valence-corrected chi connectivity index (χ0v) is 40.8. The van der Waals surface area contributed by atoms with Gasteiger partial charge in [-0.3, -0.25) is 24.2 Å². The van der Waals surface area contributed by atoms with Crippen LogP contribution in [0.25, 0.3) is 33.4 Å². The van der Waals surface area contributed by atoms with Gasteiger partial charge in [-0.05, 0) is 107 Å². The molecule has 13 heteroatoms. The Balaban J connectivity index is 1.23. The number of carbonyl (C=O) groups excluding carboxylic acids is 4. The molecule has 3 aromatic heterocycles. The molecule has 0 radical (unpaired) electrons. The number of Topliss-reactive ketones (excluding diaryl/α,β-unsaturated/α-hetero) is 2. The number of nitrogens with zero attached hydrogens (tertiary/aromatic N) is 3. The molecule has 0 aliphatic carbocycles. The van der Waals surface area contributed by atoms with Crippen LogP contribution in [0.15, 0.2) is 41.9 Å². The van der Waals surface area contributed by atoms with E-state index in [0.717, 1.165) is 101 Å². The molecule has 2 fully saturated rings. The molecule has 6 bridgehead atoms. The number of fused-ring (bicyclic) bond motifs is 7. The maximum Gasteiger partial charge on any atom is 0.323 e. The van der Waals surface area contributed by atoms with Crippen LogP contribution in [0.1, 0.15) is 122 Å². The number of aryl methyl sites for hydroxylation is 1. The molecule has 0 spiro atoms. The lowest BCUT2D eigenvalue weighted by molar-refractivity contribution is -0.149. The summed E-state index contributed by atoms with van der Waals surface area (Å²) in [5.41, 5.74) is 6.52. The Morgan fingerprint density at radius 1 is 1.06 bits per heavy atom. The number of ketones is 2. The minimum absolute atomic E-state index is 0.00736. The lowest BCUT2D eigenvalue weighted by Gasteiger charge is -2.27. The van der Waals surface area contributed by atoms with Crippen LogP contribution in [0.5, 0.6) is 0 Å². The highest BCUT2D eigenvalue weighted by Gasteiger charge is 2.34. The number of nitrogens with one attached hydrogen (secondary N) is 3. The number of cyclic esters (lactones) is 1. The Labute approximate surface area is 389 Å². The first kappa shape index (κ1) is 48.6. The molecule has 3 aliphatic heterocycles. The molecule has 352 valence electrons. The van der Waals surface area contributed by atoms with E-state index >= 15 is 0 Å². The molecule has 4 aromatic rings. The summed E-state index contributed by atoms with van der Waals surface area (Å²) in [6.45, 7) is 17.7. The topological polar surface area (TPSA) is 154 Å². The molecule has 12 nitrogen and oxygen atoms in total. The van der Waals surface area contributed by atoms with Gasteiger partial charge in [-0.2, -0.15) is 0 Å². The van der Waals surface area contributed by atoms with Crippen molar-refractivity contribution in [3.05, 3.63) is 58.2 Å².